The van der Waals surface area contributed by atoms with Crippen molar-refractivity contribution in [3.63, 3.8) is 0 Å². The Balaban J connectivity index is 2.82. The Morgan fingerprint density at radius 3 is 2.81 bits per heavy atom. The van der Waals surface area contributed by atoms with E-state index >= 15 is 0 Å². The number of methoxy groups -OCH3 is 1. The van der Waals surface area contributed by atoms with Gasteiger partial charge < -0.3 is 9.64 Å². The van der Waals surface area contributed by atoms with Crippen LogP contribution in [0.1, 0.15) is 0 Å². The second-order valence-corrected chi connectivity index (χ2v) is 3.74. The van der Waals surface area contributed by atoms with E-state index in [-0.39, 0.29) is 6.54 Å². The first kappa shape index (κ1) is 13.1. The molecule has 0 saturated heterocycles. The van der Waals surface area contributed by atoms with Gasteiger partial charge in [-0.25, -0.2) is 18.7 Å². The first-order valence-corrected chi connectivity index (χ1v) is 5.74. The summed E-state index contributed by atoms with van der Waals surface area (Å²) in [5, 5.41) is 0.589. The van der Waals surface area contributed by atoms with Gasteiger partial charge in [0, 0.05) is 17.9 Å². The monoisotopic (exact) mass is 295 g/mol. The number of aromatic nitrogens is 2. The molecule has 0 fully saturated rings. The molecule has 0 bridgehead atoms. The van der Waals surface area contributed by atoms with Crippen LogP contribution in [-0.2, 0) is 0 Å². The van der Waals surface area contributed by atoms with Gasteiger partial charge in [-0.2, -0.15) is 0 Å². The summed E-state index contributed by atoms with van der Waals surface area (Å²) in [5.74, 6) is 0.797. The van der Waals surface area contributed by atoms with Crippen LogP contribution in [-0.4, -0.2) is 41.9 Å². The third-order valence-electron chi connectivity index (χ3n) is 1.87. The molecule has 0 N–H and O–H groups in total. The van der Waals surface area contributed by atoms with Crippen LogP contribution in [0.25, 0.3) is 0 Å². The van der Waals surface area contributed by atoms with Gasteiger partial charge in [0.1, 0.15) is 12.1 Å². The van der Waals surface area contributed by atoms with E-state index in [1.165, 1.54) is 24.4 Å². The Kier molecular flexibility index (Phi) is 5.37. The number of hydrogen-bond donors (Lipinski definition) is 0. The molecule has 1 aromatic rings. The zero-order valence-electron chi connectivity index (χ0n) is 8.74. The molecule has 0 aliphatic heterocycles. The minimum atomic E-state index is -2.40. The molecule has 0 amide bonds. The molecule has 0 radical (unpaired) electrons. The van der Waals surface area contributed by atoms with Crippen molar-refractivity contribution in [2.45, 2.75) is 6.43 Å². The molecule has 0 aliphatic carbocycles. The lowest BCUT2D eigenvalue weighted by atomic mass is 10.4. The maximum Gasteiger partial charge on any atom is 0.255 e. The van der Waals surface area contributed by atoms with Crippen LogP contribution in [0, 0.1) is 0 Å². The lowest BCUT2D eigenvalue weighted by molar-refractivity contribution is 0.155. The molecule has 7 heteroatoms. The zero-order valence-corrected chi connectivity index (χ0v) is 10.3. The Morgan fingerprint density at radius 1 is 1.50 bits per heavy atom. The minimum Gasteiger partial charge on any atom is -0.481 e. The van der Waals surface area contributed by atoms with Gasteiger partial charge in [0.15, 0.2) is 0 Å². The van der Waals surface area contributed by atoms with Gasteiger partial charge >= 0.3 is 0 Å². The smallest absolute Gasteiger partial charge is 0.255 e. The predicted octanol–water partition coefficient (Wildman–Crippen LogP) is 1.95. The summed E-state index contributed by atoms with van der Waals surface area (Å²) in [4.78, 5) is 9.24. The van der Waals surface area contributed by atoms with E-state index in [2.05, 4.69) is 25.9 Å². The molecule has 1 aromatic heterocycles. The van der Waals surface area contributed by atoms with Gasteiger partial charge in [0.05, 0.1) is 13.7 Å². The van der Waals surface area contributed by atoms with Crippen molar-refractivity contribution in [3.05, 3.63) is 12.4 Å². The van der Waals surface area contributed by atoms with Gasteiger partial charge in [-0.3, -0.25) is 0 Å². The first-order valence-electron chi connectivity index (χ1n) is 4.62. The van der Waals surface area contributed by atoms with E-state index in [4.69, 9.17) is 4.74 Å². The van der Waals surface area contributed by atoms with Crippen LogP contribution >= 0.6 is 15.9 Å². The molecular formula is C9H12BrF2N3O. The Morgan fingerprint density at radius 2 is 2.25 bits per heavy atom. The van der Waals surface area contributed by atoms with Crippen LogP contribution in [0.4, 0.5) is 14.6 Å². The molecular weight excluding hydrogens is 284 g/mol. The molecule has 4 nitrogen and oxygen atoms in total. The average molecular weight is 296 g/mol. The van der Waals surface area contributed by atoms with E-state index in [1.807, 2.05) is 0 Å². The fourth-order valence-electron chi connectivity index (χ4n) is 1.18. The lowest BCUT2D eigenvalue weighted by Crippen LogP contribution is -2.31. The maximum absolute atomic E-state index is 12.3. The summed E-state index contributed by atoms with van der Waals surface area (Å²) in [7, 11) is 1.47. The summed E-state index contributed by atoms with van der Waals surface area (Å²) in [6.07, 6.45) is -1.11. The number of alkyl halides is 3. The number of halogens is 3. The molecule has 16 heavy (non-hydrogen) atoms. The number of rotatable bonds is 6. The topological polar surface area (TPSA) is 38.2 Å². The highest BCUT2D eigenvalue weighted by atomic mass is 79.9. The molecule has 0 unspecified atom stereocenters. The van der Waals surface area contributed by atoms with Crippen molar-refractivity contribution >= 4 is 21.7 Å². The highest BCUT2D eigenvalue weighted by Crippen LogP contribution is 2.16. The number of anilines is 1. The highest BCUT2D eigenvalue weighted by molar-refractivity contribution is 9.09. The van der Waals surface area contributed by atoms with Gasteiger partial charge in [0.2, 0.25) is 5.88 Å². The van der Waals surface area contributed by atoms with E-state index in [1.54, 1.807) is 0 Å². The van der Waals surface area contributed by atoms with Crippen molar-refractivity contribution in [1.29, 1.82) is 0 Å². The molecule has 0 atom stereocenters. The van der Waals surface area contributed by atoms with Crippen molar-refractivity contribution in [2.24, 2.45) is 0 Å². The third kappa shape index (κ3) is 3.88. The molecule has 0 aliphatic rings. The number of hydrogen-bond acceptors (Lipinski definition) is 4. The first-order chi connectivity index (χ1) is 7.67. The molecule has 0 saturated carbocycles. The summed E-state index contributed by atoms with van der Waals surface area (Å²) >= 11 is 3.21. The van der Waals surface area contributed by atoms with E-state index in [0.717, 1.165) is 0 Å². The molecule has 90 valence electrons. The Hall–Kier alpha value is -0.980. The second-order valence-electron chi connectivity index (χ2n) is 2.94. The number of ether oxygens (including phenoxy) is 1. The van der Waals surface area contributed by atoms with Gasteiger partial charge in [0.25, 0.3) is 6.43 Å². The average Bonchev–Trinajstić information content (AvgIpc) is 2.28. The van der Waals surface area contributed by atoms with E-state index in [9.17, 15) is 8.78 Å². The standard InChI is InChI=1S/C9H12BrF2N3O/c1-16-9-4-8(13-6-14-9)15(3-2-10)5-7(11)12/h4,6-7H,2-3,5H2,1H3. The summed E-state index contributed by atoms with van der Waals surface area (Å²) < 4.78 is 29.6. The van der Waals surface area contributed by atoms with Gasteiger partial charge in [-0.1, -0.05) is 15.9 Å². The summed E-state index contributed by atoms with van der Waals surface area (Å²) in [6, 6.07) is 1.53. The predicted molar refractivity (Wildman–Crippen MR) is 60.6 cm³/mol. The third-order valence-corrected chi connectivity index (χ3v) is 2.23. The van der Waals surface area contributed by atoms with E-state index < -0.39 is 6.43 Å². The van der Waals surface area contributed by atoms with Crippen LogP contribution in [0.3, 0.4) is 0 Å². The number of nitrogens with zero attached hydrogens (tertiary/aromatic N) is 3. The molecule has 1 rings (SSSR count). The normalized spacial score (nSPS) is 10.6. The summed E-state index contributed by atoms with van der Waals surface area (Å²) in [5.41, 5.74) is 0. The van der Waals surface area contributed by atoms with Crippen molar-refractivity contribution in [2.75, 3.05) is 30.4 Å². The van der Waals surface area contributed by atoms with Crippen LogP contribution in [0.15, 0.2) is 12.4 Å². The molecule has 0 aromatic carbocycles. The van der Waals surface area contributed by atoms with Gasteiger partial charge in [-0.05, 0) is 0 Å². The second kappa shape index (κ2) is 6.57. The van der Waals surface area contributed by atoms with Crippen molar-refractivity contribution in [1.82, 2.24) is 9.97 Å². The Bertz CT molecular complexity index is 327. The maximum atomic E-state index is 12.3. The largest absolute Gasteiger partial charge is 0.481 e. The van der Waals surface area contributed by atoms with Gasteiger partial charge in [-0.15, -0.1) is 0 Å². The fraction of sp³-hybridized carbons (Fsp3) is 0.556. The van der Waals surface area contributed by atoms with Crippen LogP contribution in [0.5, 0.6) is 5.88 Å². The Labute approximate surface area is 101 Å². The fourth-order valence-corrected chi connectivity index (χ4v) is 1.61. The highest BCUT2D eigenvalue weighted by Gasteiger charge is 2.14. The zero-order chi connectivity index (χ0) is 12.0. The van der Waals surface area contributed by atoms with Crippen LogP contribution < -0.4 is 9.64 Å². The summed E-state index contributed by atoms with van der Waals surface area (Å²) in [6.45, 7) is 0.0935. The molecule has 1 heterocycles. The lowest BCUT2D eigenvalue weighted by Gasteiger charge is -2.22. The quantitative estimate of drug-likeness (QED) is 0.752. The van der Waals surface area contributed by atoms with Crippen molar-refractivity contribution < 1.29 is 13.5 Å². The van der Waals surface area contributed by atoms with E-state index in [0.29, 0.717) is 23.6 Å². The minimum absolute atomic E-state index is 0.355. The van der Waals surface area contributed by atoms with Crippen molar-refractivity contribution in [3.8, 4) is 5.88 Å². The van der Waals surface area contributed by atoms with Crippen LogP contribution in [0.2, 0.25) is 0 Å². The SMILES string of the molecule is COc1cc(N(CCBr)CC(F)F)ncn1. The molecule has 0 spiro atoms.